The largest absolute Gasteiger partial charge is 0.466 e. The highest BCUT2D eigenvalue weighted by atomic mass is 16.6. The van der Waals surface area contributed by atoms with Crippen molar-refractivity contribution in [2.24, 2.45) is 5.92 Å². The molecule has 2 rings (SSSR count). The number of aliphatic hydroxyl groups is 1. The summed E-state index contributed by atoms with van der Waals surface area (Å²) < 4.78 is 15.5. The fourth-order valence-corrected chi connectivity index (χ4v) is 3.01. The lowest BCUT2D eigenvalue weighted by molar-refractivity contribution is -0.148. The number of carbonyl (C=O) groups is 3. The lowest BCUT2D eigenvalue weighted by atomic mass is 9.85. The van der Waals surface area contributed by atoms with Crippen LogP contribution in [0.1, 0.15) is 26.7 Å². The van der Waals surface area contributed by atoms with Crippen molar-refractivity contribution in [2.45, 2.75) is 44.5 Å². The van der Waals surface area contributed by atoms with Crippen LogP contribution in [0.15, 0.2) is 48.1 Å². The average molecular weight is 376 g/mol. The summed E-state index contributed by atoms with van der Waals surface area (Å²) in [5.74, 6) is -2.70. The summed E-state index contributed by atoms with van der Waals surface area (Å²) in [6.45, 7) is 10.3. The van der Waals surface area contributed by atoms with Crippen molar-refractivity contribution in [1.82, 2.24) is 0 Å². The third kappa shape index (κ3) is 4.95. The Bertz CT molecular complexity index is 741. The second-order valence-corrected chi connectivity index (χ2v) is 7.03. The van der Waals surface area contributed by atoms with Gasteiger partial charge in [0, 0.05) is 35.5 Å². The molecule has 0 fully saturated rings. The molecule has 0 spiro atoms. The molecule has 7 nitrogen and oxygen atoms in total. The van der Waals surface area contributed by atoms with Crippen molar-refractivity contribution < 1.29 is 33.7 Å². The molecule has 0 aromatic rings. The van der Waals surface area contributed by atoms with Gasteiger partial charge in [0.25, 0.3) is 0 Å². The van der Waals surface area contributed by atoms with Gasteiger partial charge in [0.2, 0.25) is 0 Å². The van der Waals surface area contributed by atoms with E-state index in [0.717, 1.165) is 0 Å². The summed E-state index contributed by atoms with van der Waals surface area (Å²) in [5.41, 5.74) is -0.793. The van der Waals surface area contributed by atoms with E-state index in [9.17, 15) is 19.5 Å². The van der Waals surface area contributed by atoms with Crippen LogP contribution in [0.25, 0.3) is 0 Å². The van der Waals surface area contributed by atoms with Gasteiger partial charge < -0.3 is 19.3 Å². The number of esters is 3. The van der Waals surface area contributed by atoms with E-state index >= 15 is 0 Å². The smallest absolute Gasteiger partial charge is 0.334 e. The maximum absolute atomic E-state index is 12.2. The predicted octanol–water partition coefficient (Wildman–Crippen LogP) is 1.77. The maximum Gasteiger partial charge on any atom is 0.334 e. The average Bonchev–Trinajstić information content (AvgIpc) is 2.90. The van der Waals surface area contributed by atoms with Crippen LogP contribution in [0.5, 0.6) is 0 Å². The van der Waals surface area contributed by atoms with Gasteiger partial charge in [-0.1, -0.05) is 25.3 Å². The summed E-state index contributed by atoms with van der Waals surface area (Å²) in [4.78, 5) is 36.3. The molecule has 2 bridgehead atoms. The third-order valence-corrected chi connectivity index (χ3v) is 4.46. The number of carbonyl (C=O) groups excluding carboxylic acids is 3. The van der Waals surface area contributed by atoms with Crippen LogP contribution in [0.2, 0.25) is 0 Å². The molecule has 1 N–H and O–H groups in total. The monoisotopic (exact) mass is 376 g/mol. The zero-order valence-electron chi connectivity index (χ0n) is 15.7. The Morgan fingerprint density at radius 1 is 1.33 bits per heavy atom. The number of methoxy groups -OCH3 is 1. The van der Waals surface area contributed by atoms with E-state index in [4.69, 9.17) is 14.2 Å². The predicted molar refractivity (Wildman–Crippen MR) is 96.3 cm³/mol. The van der Waals surface area contributed by atoms with E-state index in [-0.39, 0.29) is 24.0 Å². The molecule has 2 aliphatic rings. The van der Waals surface area contributed by atoms with Crippen LogP contribution in [-0.2, 0) is 28.6 Å². The van der Waals surface area contributed by atoms with Gasteiger partial charge in [0.15, 0.2) is 0 Å². The molecule has 0 saturated carbocycles. The van der Waals surface area contributed by atoms with Gasteiger partial charge >= 0.3 is 17.9 Å². The van der Waals surface area contributed by atoms with Gasteiger partial charge in [-0.25, -0.2) is 14.4 Å². The Hall–Kier alpha value is -2.67. The Kier molecular flexibility index (Phi) is 6.05. The van der Waals surface area contributed by atoms with E-state index in [1.54, 1.807) is 19.1 Å². The molecule has 0 radical (unpaired) electrons. The first-order valence-electron chi connectivity index (χ1n) is 8.51. The van der Waals surface area contributed by atoms with Crippen LogP contribution in [0.4, 0.5) is 0 Å². The first-order chi connectivity index (χ1) is 12.5. The first kappa shape index (κ1) is 20.6. The molecule has 146 valence electrons. The van der Waals surface area contributed by atoms with Gasteiger partial charge in [0.05, 0.1) is 12.7 Å². The second kappa shape index (κ2) is 7.92. The summed E-state index contributed by atoms with van der Waals surface area (Å²) in [6.07, 6.45) is 3.32. The van der Waals surface area contributed by atoms with Crippen molar-refractivity contribution in [2.75, 3.05) is 7.11 Å². The van der Waals surface area contributed by atoms with Crippen molar-refractivity contribution >= 4 is 17.9 Å². The standard InChI is InChI=1S/C20H24O7/c1-11(2)17(21)27-16-9-13-8-14(26-19(13)23)10-20(4,24)7-6-15(16)12(3)18(22)25-5/h6-8,14-16,24H,1,3,9-10H2,2,4-5H3/b7-6+/t14-,15+,16-,20-/m0/s1. The van der Waals surface area contributed by atoms with E-state index in [2.05, 4.69) is 13.2 Å². The van der Waals surface area contributed by atoms with E-state index in [1.165, 1.54) is 20.1 Å². The Labute approximate surface area is 158 Å². The summed E-state index contributed by atoms with van der Waals surface area (Å²) in [7, 11) is 1.21. The Morgan fingerprint density at radius 3 is 2.59 bits per heavy atom. The number of rotatable bonds is 4. The van der Waals surface area contributed by atoms with Crippen LogP contribution >= 0.6 is 0 Å². The van der Waals surface area contributed by atoms with E-state index in [1.807, 2.05) is 0 Å². The fourth-order valence-electron chi connectivity index (χ4n) is 3.01. The van der Waals surface area contributed by atoms with Crippen LogP contribution < -0.4 is 0 Å². The molecule has 0 saturated heterocycles. The molecule has 0 aromatic heterocycles. The normalized spacial score (nSPS) is 31.2. The van der Waals surface area contributed by atoms with Crippen molar-refractivity contribution in [3.63, 3.8) is 0 Å². The number of hydrogen-bond donors (Lipinski definition) is 1. The molecule has 7 heteroatoms. The van der Waals surface area contributed by atoms with Gasteiger partial charge in [-0.3, -0.25) is 0 Å². The molecule has 1 heterocycles. The molecule has 0 amide bonds. The minimum absolute atomic E-state index is 0.0293. The van der Waals surface area contributed by atoms with Gasteiger partial charge in [-0.05, 0) is 19.9 Å². The van der Waals surface area contributed by atoms with Crippen molar-refractivity contribution in [1.29, 1.82) is 0 Å². The van der Waals surface area contributed by atoms with Gasteiger partial charge in [-0.2, -0.15) is 0 Å². The number of ether oxygens (including phenoxy) is 3. The molecule has 1 aliphatic carbocycles. The Balaban J connectivity index is 2.48. The SMILES string of the molecule is C=C(C)C(=O)O[C@H]1CC2=C[C@@H](C[C@@](C)(O)/C=C/[C@@H]1C(=C)C(=O)OC)OC2=O. The van der Waals surface area contributed by atoms with Crippen molar-refractivity contribution in [3.05, 3.63) is 48.1 Å². The first-order valence-corrected chi connectivity index (χ1v) is 8.51. The highest BCUT2D eigenvalue weighted by molar-refractivity contribution is 5.92. The lowest BCUT2D eigenvalue weighted by Crippen LogP contribution is -2.32. The van der Waals surface area contributed by atoms with Crippen LogP contribution in [-0.4, -0.2) is 47.9 Å². The number of hydrogen-bond acceptors (Lipinski definition) is 7. The number of fused-ring (bicyclic) bond motifs is 1. The minimum atomic E-state index is -1.31. The van der Waals surface area contributed by atoms with Gasteiger partial charge in [-0.15, -0.1) is 0 Å². The highest BCUT2D eigenvalue weighted by Gasteiger charge is 2.38. The Morgan fingerprint density at radius 2 is 2.00 bits per heavy atom. The zero-order chi connectivity index (χ0) is 20.4. The van der Waals surface area contributed by atoms with Crippen LogP contribution in [0.3, 0.4) is 0 Å². The fraction of sp³-hybridized carbons (Fsp3) is 0.450. The summed E-state index contributed by atoms with van der Waals surface area (Å²) in [6, 6.07) is 0. The third-order valence-electron chi connectivity index (χ3n) is 4.46. The van der Waals surface area contributed by atoms with Gasteiger partial charge in [0.1, 0.15) is 12.2 Å². The molecule has 27 heavy (non-hydrogen) atoms. The molecular formula is C20H24O7. The molecule has 1 aliphatic heterocycles. The molecule has 4 atom stereocenters. The zero-order valence-corrected chi connectivity index (χ0v) is 15.7. The molecular weight excluding hydrogens is 352 g/mol. The lowest BCUT2D eigenvalue weighted by Gasteiger charge is -2.28. The van der Waals surface area contributed by atoms with E-state index in [0.29, 0.717) is 5.57 Å². The highest BCUT2D eigenvalue weighted by Crippen LogP contribution is 2.33. The van der Waals surface area contributed by atoms with Crippen LogP contribution in [0, 0.1) is 5.92 Å². The second-order valence-electron chi connectivity index (χ2n) is 7.03. The topological polar surface area (TPSA) is 99.1 Å². The maximum atomic E-state index is 12.2. The summed E-state index contributed by atoms with van der Waals surface area (Å²) in [5, 5.41) is 10.6. The summed E-state index contributed by atoms with van der Waals surface area (Å²) >= 11 is 0. The van der Waals surface area contributed by atoms with Crippen molar-refractivity contribution in [3.8, 4) is 0 Å². The van der Waals surface area contributed by atoms with E-state index < -0.39 is 41.6 Å². The quantitative estimate of drug-likeness (QED) is 0.345. The molecule has 0 unspecified atom stereocenters. The minimum Gasteiger partial charge on any atom is -0.466 e. The molecule has 0 aromatic carbocycles.